The van der Waals surface area contributed by atoms with E-state index in [4.69, 9.17) is 9.16 Å². The lowest BCUT2D eigenvalue weighted by molar-refractivity contribution is -0.119. The summed E-state index contributed by atoms with van der Waals surface area (Å²) in [6.45, 7) is 16.2. The van der Waals surface area contributed by atoms with Crippen molar-refractivity contribution in [2.45, 2.75) is 117 Å². The molecule has 1 aromatic rings. The standard InChI is InChI=1S/C27H46O3Si/c1-8-9-10-14-19-25(28)20-15-16-21-26(30-31(6,7)27(3,4)5)23(2)29-22-24-17-12-11-13-18-24/h11-13,16-18,21,23,26H,8-10,14-15,19-20,22H2,1-7H3/b21-16+/t23-,26-/m0/s1. The van der Waals surface area contributed by atoms with Crippen molar-refractivity contribution in [2.24, 2.45) is 0 Å². The molecule has 0 aliphatic rings. The molecule has 4 heteroatoms. The van der Waals surface area contributed by atoms with Crippen molar-refractivity contribution in [3.05, 3.63) is 48.0 Å². The Morgan fingerprint density at radius 2 is 1.74 bits per heavy atom. The second kappa shape index (κ2) is 14.0. The van der Waals surface area contributed by atoms with Gasteiger partial charge in [-0.1, -0.05) is 89.4 Å². The van der Waals surface area contributed by atoms with Crippen molar-refractivity contribution < 1.29 is 14.0 Å². The van der Waals surface area contributed by atoms with Crippen LogP contribution >= 0.6 is 0 Å². The van der Waals surface area contributed by atoms with E-state index in [1.54, 1.807) is 0 Å². The quantitative estimate of drug-likeness (QED) is 0.156. The van der Waals surface area contributed by atoms with Gasteiger partial charge in [-0.15, -0.1) is 0 Å². The molecular formula is C27H46O3Si. The lowest BCUT2D eigenvalue weighted by Gasteiger charge is -2.40. The highest BCUT2D eigenvalue weighted by Crippen LogP contribution is 2.38. The van der Waals surface area contributed by atoms with E-state index in [2.05, 4.69) is 72.0 Å². The van der Waals surface area contributed by atoms with Crippen LogP contribution in [0.15, 0.2) is 42.5 Å². The van der Waals surface area contributed by atoms with Crippen LogP contribution in [0.1, 0.15) is 85.1 Å². The first-order valence-corrected chi connectivity index (χ1v) is 15.0. The fraction of sp³-hybridized carbons (Fsp3) is 0.667. The van der Waals surface area contributed by atoms with Crippen molar-refractivity contribution in [2.75, 3.05) is 0 Å². The average Bonchev–Trinajstić information content (AvgIpc) is 2.71. The van der Waals surface area contributed by atoms with Gasteiger partial charge >= 0.3 is 0 Å². The minimum Gasteiger partial charge on any atom is -0.408 e. The number of benzene rings is 1. The molecule has 3 nitrogen and oxygen atoms in total. The fourth-order valence-corrected chi connectivity index (χ4v) is 4.36. The van der Waals surface area contributed by atoms with E-state index in [0.29, 0.717) is 25.2 Å². The third-order valence-corrected chi connectivity index (χ3v) is 10.8. The molecular weight excluding hydrogens is 400 g/mol. The maximum absolute atomic E-state index is 12.1. The Labute approximate surface area is 192 Å². The summed E-state index contributed by atoms with van der Waals surface area (Å²) in [5, 5.41) is 0.132. The van der Waals surface area contributed by atoms with Gasteiger partial charge in [-0.3, -0.25) is 4.79 Å². The molecule has 0 aliphatic carbocycles. The van der Waals surface area contributed by atoms with E-state index < -0.39 is 8.32 Å². The first-order valence-electron chi connectivity index (χ1n) is 12.1. The van der Waals surface area contributed by atoms with Crippen LogP contribution in [0, 0.1) is 0 Å². The Balaban J connectivity index is 2.66. The largest absolute Gasteiger partial charge is 0.408 e. The van der Waals surface area contributed by atoms with Crippen LogP contribution < -0.4 is 0 Å². The third-order valence-electron chi connectivity index (χ3n) is 6.28. The van der Waals surface area contributed by atoms with E-state index in [-0.39, 0.29) is 17.2 Å². The van der Waals surface area contributed by atoms with Crippen molar-refractivity contribution >= 4 is 14.1 Å². The maximum Gasteiger partial charge on any atom is 0.193 e. The number of hydrogen-bond acceptors (Lipinski definition) is 3. The summed E-state index contributed by atoms with van der Waals surface area (Å²) >= 11 is 0. The van der Waals surface area contributed by atoms with Gasteiger partial charge in [0, 0.05) is 12.8 Å². The van der Waals surface area contributed by atoms with Crippen molar-refractivity contribution in [3.8, 4) is 0 Å². The summed E-state index contributed by atoms with van der Waals surface area (Å²) in [5.74, 6) is 0.371. The van der Waals surface area contributed by atoms with Crippen LogP contribution in [0.3, 0.4) is 0 Å². The normalized spacial score (nSPS) is 14.7. The Bertz CT molecular complexity index is 646. The highest BCUT2D eigenvalue weighted by molar-refractivity contribution is 6.74. The average molecular weight is 447 g/mol. The summed E-state index contributed by atoms with van der Waals surface area (Å²) in [5.41, 5.74) is 1.16. The molecule has 0 N–H and O–H groups in total. The zero-order chi connectivity index (χ0) is 23.3. The lowest BCUT2D eigenvalue weighted by Crippen LogP contribution is -2.46. The van der Waals surface area contributed by atoms with E-state index in [9.17, 15) is 4.79 Å². The molecule has 0 aromatic heterocycles. The lowest BCUT2D eigenvalue weighted by atomic mass is 10.1. The van der Waals surface area contributed by atoms with Crippen LogP contribution in [0.5, 0.6) is 0 Å². The minimum atomic E-state index is -1.94. The Morgan fingerprint density at radius 1 is 1.06 bits per heavy atom. The van der Waals surface area contributed by atoms with Crippen LogP contribution in [-0.2, 0) is 20.6 Å². The number of allylic oxidation sites excluding steroid dienone is 1. The molecule has 0 amide bonds. The van der Waals surface area contributed by atoms with E-state index in [1.165, 1.54) is 12.8 Å². The van der Waals surface area contributed by atoms with Gasteiger partial charge in [0.25, 0.3) is 0 Å². The maximum atomic E-state index is 12.1. The number of unbranched alkanes of at least 4 members (excludes halogenated alkanes) is 3. The number of ketones is 1. The molecule has 176 valence electrons. The monoisotopic (exact) mass is 446 g/mol. The number of rotatable bonds is 15. The van der Waals surface area contributed by atoms with E-state index in [0.717, 1.165) is 24.8 Å². The summed E-state index contributed by atoms with van der Waals surface area (Å²) in [6.07, 6.45) is 10.8. The molecule has 0 bridgehead atoms. The van der Waals surface area contributed by atoms with E-state index >= 15 is 0 Å². The zero-order valence-corrected chi connectivity index (χ0v) is 22.1. The molecule has 0 saturated heterocycles. The molecule has 1 rings (SSSR count). The molecule has 0 fully saturated rings. The number of ether oxygens (including phenoxy) is 1. The predicted molar refractivity (Wildman–Crippen MR) is 135 cm³/mol. The minimum absolute atomic E-state index is 0.0599. The molecule has 2 atom stereocenters. The van der Waals surface area contributed by atoms with Crippen LogP contribution in [0.25, 0.3) is 0 Å². The second-order valence-corrected chi connectivity index (χ2v) is 14.9. The molecule has 31 heavy (non-hydrogen) atoms. The SMILES string of the molecule is CCCCCCC(=O)CC/C=C/[C@H](O[Si](C)(C)C(C)(C)C)[C@H](C)OCc1ccccc1. The number of Topliss-reactive ketones (excluding diaryl/α,β-unsaturated/α-hetero) is 1. The third kappa shape index (κ3) is 11.3. The number of hydrogen-bond donors (Lipinski definition) is 0. The highest BCUT2D eigenvalue weighted by atomic mass is 28.4. The van der Waals surface area contributed by atoms with Gasteiger partial charge in [-0.25, -0.2) is 0 Å². The summed E-state index contributed by atoms with van der Waals surface area (Å²) in [4.78, 5) is 12.1. The van der Waals surface area contributed by atoms with Gasteiger partial charge in [0.15, 0.2) is 8.32 Å². The Hall–Kier alpha value is -1.23. The van der Waals surface area contributed by atoms with Crippen molar-refractivity contribution in [1.82, 2.24) is 0 Å². The van der Waals surface area contributed by atoms with Crippen LogP contribution in [0.4, 0.5) is 0 Å². The first kappa shape index (κ1) is 27.8. The zero-order valence-electron chi connectivity index (χ0n) is 21.1. The van der Waals surface area contributed by atoms with E-state index in [1.807, 2.05) is 18.2 Å². The Kier molecular flexibility index (Phi) is 12.6. The molecule has 0 radical (unpaired) electrons. The predicted octanol–water partition coefficient (Wildman–Crippen LogP) is 7.86. The molecule has 0 spiro atoms. The molecule has 0 unspecified atom stereocenters. The summed E-state index contributed by atoms with van der Waals surface area (Å²) in [7, 11) is -1.94. The molecule has 1 aromatic carbocycles. The van der Waals surface area contributed by atoms with Gasteiger partial charge in [-0.2, -0.15) is 0 Å². The molecule has 0 aliphatic heterocycles. The van der Waals surface area contributed by atoms with Crippen LogP contribution in [-0.4, -0.2) is 26.3 Å². The highest BCUT2D eigenvalue weighted by Gasteiger charge is 2.39. The smallest absolute Gasteiger partial charge is 0.193 e. The second-order valence-electron chi connectivity index (χ2n) is 10.2. The van der Waals surface area contributed by atoms with Gasteiger partial charge < -0.3 is 9.16 Å². The van der Waals surface area contributed by atoms with Gasteiger partial charge in [0.1, 0.15) is 5.78 Å². The first-order chi connectivity index (χ1) is 14.6. The van der Waals surface area contributed by atoms with Crippen molar-refractivity contribution in [1.29, 1.82) is 0 Å². The molecule has 0 heterocycles. The number of carbonyl (C=O) groups excluding carboxylic acids is 1. The van der Waals surface area contributed by atoms with Crippen LogP contribution in [0.2, 0.25) is 18.1 Å². The summed E-state index contributed by atoms with van der Waals surface area (Å²) < 4.78 is 12.9. The topological polar surface area (TPSA) is 35.5 Å². The molecule has 0 saturated carbocycles. The number of carbonyl (C=O) groups is 1. The van der Waals surface area contributed by atoms with Gasteiger partial charge in [-0.05, 0) is 43.5 Å². The summed E-state index contributed by atoms with van der Waals surface area (Å²) in [6, 6.07) is 10.2. The van der Waals surface area contributed by atoms with Gasteiger partial charge in [0.2, 0.25) is 0 Å². The fourth-order valence-electron chi connectivity index (χ4n) is 3.05. The van der Waals surface area contributed by atoms with Gasteiger partial charge in [0.05, 0.1) is 18.8 Å². The van der Waals surface area contributed by atoms with Crippen molar-refractivity contribution in [3.63, 3.8) is 0 Å². The Morgan fingerprint density at radius 3 is 2.35 bits per heavy atom.